The fraction of sp³-hybridized carbons (Fsp3) is 0.467. The number of amides is 1. The van der Waals surface area contributed by atoms with Crippen LogP contribution in [0.2, 0.25) is 0 Å². The Morgan fingerprint density at radius 1 is 1.50 bits per heavy atom. The number of ether oxygens (including phenoxy) is 1. The molecule has 1 saturated heterocycles. The normalized spacial score (nSPS) is 19.1. The molecule has 2 aromatic rings. The van der Waals surface area contributed by atoms with Gasteiger partial charge in [-0.25, -0.2) is 0 Å². The molecule has 2 heterocycles. The average Bonchev–Trinajstić information content (AvgIpc) is 2.88. The Balaban J connectivity index is 1.67. The highest BCUT2D eigenvalue weighted by Gasteiger charge is 2.21. The van der Waals surface area contributed by atoms with Crippen molar-refractivity contribution in [3.63, 3.8) is 0 Å². The maximum Gasteiger partial charge on any atom is 0.249 e. The molecule has 1 atom stereocenters. The Morgan fingerprint density at radius 2 is 2.40 bits per heavy atom. The van der Waals surface area contributed by atoms with Crippen LogP contribution in [0.25, 0.3) is 10.9 Å². The first-order chi connectivity index (χ1) is 9.74. The van der Waals surface area contributed by atoms with E-state index in [1.165, 1.54) is 5.56 Å². The number of aromatic nitrogens is 2. The highest BCUT2D eigenvalue weighted by molar-refractivity contribution is 5.84. The van der Waals surface area contributed by atoms with Crippen LogP contribution in [0.15, 0.2) is 18.2 Å². The van der Waals surface area contributed by atoms with E-state index in [0.29, 0.717) is 13.2 Å². The lowest BCUT2D eigenvalue weighted by molar-refractivity contribution is -0.135. The van der Waals surface area contributed by atoms with Gasteiger partial charge >= 0.3 is 0 Å². The summed E-state index contributed by atoms with van der Waals surface area (Å²) in [6.07, 6.45) is 2.63. The maximum absolute atomic E-state index is 12.0. The Morgan fingerprint density at radius 3 is 3.20 bits per heavy atom. The number of aryl methyl sites for hydroxylation is 1. The summed E-state index contributed by atoms with van der Waals surface area (Å²) in [6.45, 7) is 3.19. The number of hydrogen-bond donors (Lipinski definition) is 2. The van der Waals surface area contributed by atoms with E-state index < -0.39 is 0 Å². The van der Waals surface area contributed by atoms with Crippen LogP contribution in [-0.4, -0.2) is 28.8 Å². The van der Waals surface area contributed by atoms with Gasteiger partial charge in [-0.05, 0) is 38.3 Å². The maximum atomic E-state index is 12.0. The number of benzene rings is 1. The van der Waals surface area contributed by atoms with E-state index in [1.807, 2.05) is 19.1 Å². The minimum Gasteiger partial charge on any atom is -0.368 e. The first kappa shape index (κ1) is 13.1. The zero-order chi connectivity index (χ0) is 13.9. The third-order valence-electron chi connectivity index (χ3n) is 3.70. The van der Waals surface area contributed by atoms with Crippen LogP contribution in [0.4, 0.5) is 0 Å². The summed E-state index contributed by atoms with van der Waals surface area (Å²) < 4.78 is 5.48. The number of hydrogen-bond acceptors (Lipinski definition) is 3. The molecule has 0 radical (unpaired) electrons. The summed E-state index contributed by atoms with van der Waals surface area (Å²) in [7, 11) is 0. The van der Waals surface area contributed by atoms with Crippen molar-refractivity contribution in [3.8, 4) is 0 Å². The molecule has 3 rings (SSSR count). The van der Waals surface area contributed by atoms with Crippen molar-refractivity contribution >= 4 is 16.8 Å². The van der Waals surface area contributed by atoms with Gasteiger partial charge in [0.15, 0.2) is 0 Å². The van der Waals surface area contributed by atoms with Crippen LogP contribution in [0.3, 0.4) is 0 Å². The fourth-order valence-corrected chi connectivity index (χ4v) is 2.55. The molecule has 20 heavy (non-hydrogen) atoms. The minimum atomic E-state index is -0.292. The average molecular weight is 273 g/mol. The minimum absolute atomic E-state index is 0.0277. The molecule has 1 fully saturated rings. The lowest BCUT2D eigenvalue weighted by Crippen LogP contribution is -2.38. The van der Waals surface area contributed by atoms with Gasteiger partial charge < -0.3 is 10.1 Å². The van der Waals surface area contributed by atoms with Gasteiger partial charge in [0.1, 0.15) is 6.10 Å². The summed E-state index contributed by atoms with van der Waals surface area (Å²) in [5.74, 6) is -0.0277. The second-order valence-electron chi connectivity index (χ2n) is 5.30. The van der Waals surface area contributed by atoms with Gasteiger partial charge in [-0.2, -0.15) is 5.10 Å². The molecule has 1 unspecified atom stereocenters. The monoisotopic (exact) mass is 273 g/mol. The fourth-order valence-electron chi connectivity index (χ4n) is 2.55. The summed E-state index contributed by atoms with van der Waals surface area (Å²) in [6, 6.07) is 6.09. The smallest absolute Gasteiger partial charge is 0.249 e. The molecule has 5 nitrogen and oxygen atoms in total. The Bertz CT molecular complexity index is 615. The van der Waals surface area contributed by atoms with E-state index in [0.717, 1.165) is 35.9 Å². The van der Waals surface area contributed by atoms with Crippen LogP contribution < -0.4 is 5.32 Å². The standard InChI is InChI=1S/C15H19N3O2/c1-10-5-6-12-11(8-10)13(18-17-12)9-16-15(19)14-4-2-3-7-20-14/h5-6,8,14H,2-4,7,9H2,1H3,(H,16,19)(H,17,18). The lowest BCUT2D eigenvalue weighted by atomic mass is 10.1. The summed E-state index contributed by atoms with van der Waals surface area (Å²) >= 11 is 0. The number of nitrogens with zero attached hydrogens (tertiary/aromatic N) is 1. The number of carbonyl (C=O) groups is 1. The molecule has 0 saturated carbocycles. The zero-order valence-corrected chi connectivity index (χ0v) is 11.6. The third kappa shape index (κ3) is 2.67. The second-order valence-corrected chi connectivity index (χ2v) is 5.30. The van der Waals surface area contributed by atoms with Gasteiger partial charge in [0.2, 0.25) is 5.91 Å². The van der Waals surface area contributed by atoms with E-state index in [2.05, 4.69) is 21.6 Å². The van der Waals surface area contributed by atoms with Crippen molar-refractivity contribution in [2.75, 3.05) is 6.61 Å². The van der Waals surface area contributed by atoms with Gasteiger partial charge in [-0.15, -0.1) is 0 Å². The molecule has 1 aromatic carbocycles. The topological polar surface area (TPSA) is 67.0 Å². The molecular formula is C15H19N3O2. The number of H-pyrrole nitrogens is 1. The Kier molecular flexibility index (Phi) is 3.69. The molecule has 1 amide bonds. The second kappa shape index (κ2) is 5.63. The van der Waals surface area contributed by atoms with Crippen LogP contribution in [0.1, 0.15) is 30.5 Å². The lowest BCUT2D eigenvalue weighted by Gasteiger charge is -2.21. The van der Waals surface area contributed by atoms with Crippen molar-refractivity contribution in [1.82, 2.24) is 15.5 Å². The van der Waals surface area contributed by atoms with Crippen LogP contribution >= 0.6 is 0 Å². The molecular weight excluding hydrogens is 254 g/mol. The van der Waals surface area contributed by atoms with Crippen LogP contribution in [-0.2, 0) is 16.1 Å². The van der Waals surface area contributed by atoms with E-state index in [4.69, 9.17) is 4.74 Å². The predicted molar refractivity (Wildman–Crippen MR) is 76.3 cm³/mol. The number of fused-ring (bicyclic) bond motifs is 1. The van der Waals surface area contributed by atoms with E-state index in [-0.39, 0.29) is 12.0 Å². The molecule has 5 heteroatoms. The summed E-state index contributed by atoms with van der Waals surface area (Å²) in [5.41, 5.74) is 3.05. The number of nitrogens with one attached hydrogen (secondary N) is 2. The van der Waals surface area contributed by atoms with Gasteiger partial charge in [-0.1, -0.05) is 11.6 Å². The highest BCUT2D eigenvalue weighted by atomic mass is 16.5. The number of carbonyl (C=O) groups excluding carboxylic acids is 1. The first-order valence-electron chi connectivity index (χ1n) is 7.07. The molecule has 0 spiro atoms. The third-order valence-corrected chi connectivity index (χ3v) is 3.70. The Hall–Kier alpha value is -1.88. The SMILES string of the molecule is Cc1ccc2n[nH]c(CNC(=O)C3CCCCO3)c2c1. The number of rotatable bonds is 3. The van der Waals surface area contributed by atoms with Crippen LogP contribution in [0.5, 0.6) is 0 Å². The Labute approximate surface area is 117 Å². The summed E-state index contributed by atoms with van der Waals surface area (Å²) in [4.78, 5) is 12.0. The quantitative estimate of drug-likeness (QED) is 0.899. The van der Waals surface area contributed by atoms with Crippen molar-refractivity contribution in [3.05, 3.63) is 29.5 Å². The summed E-state index contributed by atoms with van der Waals surface area (Å²) in [5, 5.41) is 11.2. The molecule has 106 valence electrons. The molecule has 0 bridgehead atoms. The van der Waals surface area contributed by atoms with Gasteiger partial charge in [0.25, 0.3) is 0 Å². The van der Waals surface area contributed by atoms with Gasteiger partial charge in [-0.3, -0.25) is 9.89 Å². The molecule has 2 N–H and O–H groups in total. The zero-order valence-electron chi connectivity index (χ0n) is 11.6. The molecule has 1 aromatic heterocycles. The van der Waals surface area contributed by atoms with Crippen molar-refractivity contribution < 1.29 is 9.53 Å². The van der Waals surface area contributed by atoms with Crippen molar-refractivity contribution in [2.45, 2.75) is 38.8 Å². The van der Waals surface area contributed by atoms with Crippen molar-refractivity contribution in [1.29, 1.82) is 0 Å². The molecule has 1 aliphatic heterocycles. The van der Waals surface area contributed by atoms with Crippen LogP contribution in [0, 0.1) is 6.92 Å². The van der Waals surface area contributed by atoms with E-state index in [9.17, 15) is 4.79 Å². The number of aromatic amines is 1. The first-order valence-corrected chi connectivity index (χ1v) is 7.07. The van der Waals surface area contributed by atoms with E-state index in [1.54, 1.807) is 0 Å². The molecule has 1 aliphatic rings. The van der Waals surface area contributed by atoms with Crippen molar-refractivity contribution in [2.24, 2.45) is 0 Å². The largest absolute Gasteiger partial charge is 0.368 e. The molecule has 0 aliphatic carbocycles. The van der Waals surface area contributed by atoms with E-state index >= 15 is 0 Å². The van der Waals surface area contributed by atoms with Gasteiger partial charge in [0.05, 0.1) is 17.8 Å². The van der Waals surface area contributed by atoms with Gasteiger partial charge in [0, 0.05) is 12.0 Å². The highest BCUT2D eigenvalue weighted by Crippen LogP contribution is 2.18. The predicted octanol–water partition coefficient (Wildman–Crippen LogP) is 2.06.